The number of carboxylic acid groups (broad SMARTS) is 1. The van der Waals surface area contributed by atoms with E-state index < -0.39 is 37.4 Å². The Bertz CT molecular complexity index is 429. The topological polar surface area (TPSA) is 139 Å². The van der Waals surface area contributed by atoms with Crippen molar-refractivity contribution in [3.05, 3.63) is 0 Å². The van der Waals surface area contributed by atoms with E-state index in [9.17, 15) is 19.0 Å². The van der Waals surface area contributed by atoms with Crippen LogP contribution < -0.4 is 11.1 Å². The fraction of sp³-hybridized carbons (Fsp3) is 0.846. The summed E-state index contributed by atoms with van der Waals surface area (Å²) in [7, 11) is -4.14. The molecule has 0 saturated carbocycles. The summed E-state index contributed by atoms with van der Waals surface area (Å²) in [6.45, 7) is 6.48. The van der Waals surface area contributed by atoms with Gasteiger partial charge in [0.1, 0.15) is 17.9 Å². The number of carboxylic acids is 1. The molecular formula is C13H27N2O6P. The second kappa shape index (κ2) is 9.25. The number of hydrogen-bond acceptors (Lipinski definition) is 5. The molecule has 22 heavy (non-hydrogen) atoms. The van der Waals surface area contributed by atoms with E-state index in [-0.39, 0.29) is 5.92 Å². The van der Waals surface area contributed by atoms with Crippen molar-refractivity contribution in [2.24, 2.45) is 11.7 Å². The molecule has 0 aliphatic carbocycles. The van der Waals surface area contributed by atoms with Crippen LogP contribution in [0.15, 0.2) is 0 Å². The zero-order chi connectivity index (χ0) is 17.5. The van der Waals surface area contributed by atoms with Crippen molar-refractivity contribution in [1.29, 1.82) is 0 Å². The van der Waals surface area contributed by atoms with Gasteiger partial charge in [-0.3, -0.25) is 13.9 Å². The van der Waals surface area contributed by atoms with E-state index in [1.54, 1.807) is 13.8 Å². The van der Waals surface area contributed by atoms with Crippen molar-refractivity contribution in [3.8, 4) is 0 Å². The lowest BCUT2D eigenvalue weighted by molar-refractivity contribution is -0.144. The van der Waals surface area contributed by atoms with Gasteiger partial charge in [-0.15, -0.1) is 0 Å². The Morgan fingerprint density at radius 2 is 1.86 bits per heavy atom. The molecule has 0 fully saturated rings. The van der Waals surface area contributed by atoms with Crippen LogP contribution in [0.1, 0.15) is 47.0 Å². The minimum Gasteiger partial charge on any atom is -0.480 e. The number of hydrogen-bond donors (Lipinski definition) is 4. The highest BCUT2D eigenvalue weighted by atomic mass is 31.2. The van der Waals surface area contributed by atoms with Crippen molar-refractivity contribution in [2.45, 2.75) is 64.9 Å². The molecular weight excluding hydrogens is 311 g/mol. The summed E-state index contributed by atoms with van der Waals surface area (Å²) in [5.41, 5.74) is 5.62. The van der Waals surface area contributed by atoms with Gasteiger partial charge in [-0.1, -0.05) is 33.6 Å². The van der Waals surface area contributed by atoms with Crippen molar-refractivity contribution in [1.82, 2.24) is 5.32 Å². The van der Waals surface area contributed by atoms with Crippen LogP contribution >= 0.6 is 7.60 Å². The first kappa shape index (κ1) is 21.0. The maximum absolute atomic E-state index is 12.0. The number of carbonyl (C=O) groups excluding carboxylic acids is 1. The number of aliphatic carboxylic acids is 1. The van der Waals surface area contributed by atoms with Crippen molar-refractivity contribution in [2.75, 3.05) is 0 Å². The first-order chi connectivity index (χ1) is 10.0. The third kappa shape index (κ3) is 6.87. The molecule has 9 heteroatoms. The maximum atomic E-state index is 12.0. The highest BCUT2D eigenvalue weighted by molar-refractivity contribution is 7.53. The van der Waals surface area contributed by atoms with Crippen molar-refractivity contribution in [3.63, 3.8) is 0 Å². The quantitative estimate of drug-likeness (QED) is 0.440. The van der Waals surface area contributed by atoms with Crippen LogP contribution in [0, 0.1) is 5.92 Å². The van der Waals surface area contributed by atoms with Crippen LogP contribution in [0.25, 0.3) is 0 Å². The first-order valence-electron chi connectivity index (χ1n) is 7.32. The molecule has 0 aromatic rings. The summed E-state index contributed by atoms with van der Waals surface area (Å²) < 4.78 is 16.9. The summed E-state index contributed by atoms with van der Waals surface area (Å²) in [6.07, 6.45) is 0.523. The lowest BCUT2D eigenvalue weighted by Crippen LogP contribution is -2.48. The molecule has 0 aliphatic rings. The molecule has 0 aliphatic heterocycles. The molecule has 0 aromatic heterocycles. The third-order valence-electron chi connectivity index (χ3n) is 3.18. The normalized spacial score (nSPS) is 18.3. The lowest BCUT2D eigenvalue weighted by Gasteiger charge is -2.24. The highest BCUT2D eigenvalue weighted by Crippen LogP contribution is 2.48. The van der Waals surface area contributed by atoms with Gasteiger partial charge in [-0.05, 0) is 19.3 Å². The van der Waals surface area contributed by atoms with Gasteiger partial charge >= 0.3 is 13.6 Å². The molecule has 0 radical (unpaired) electrons. The third-order valence-corrected chi connectivity index (χ3v) is 4.90. The molecule has 4 atom stereocenters. The average molecular weight is 338 g/mol. The van der Waals surface area contributed by atoms with Crippen LogP contribution in [0.2, 0.25) is 0 Å². The molecule has 5 N–H and O–H groups in total. The lowest BCUT2D eigenvalue weighted by atomic mass is 10.0. The summed E-state index contributed by atoms with van der Waals surface area (Å²) in [4.78, 5) is 32.7. The zero-order valence-corrected chi connectivity index (χ0v) is 14.4. The minimum absolute atomic E-state index is 0.308. The van der Waals surface area contributed by atoms with E-state index in [1.165, 1.54) is 6.92 Å². The SMILES string of the molecule is CCCCC(N)P(=O)(O)O[C@@H](C)C(=O)N[C@H](C(=O)O)C(C)C. The Morgan fingerprint density at radius 1 is 1.32 bits per heavy atom. The van der Waals surface area contributed by atoms with E-state index in [0.717, 1.165) is 6.42 Å². The maximum Gasteiger partial charge on any atom is 0.345 e. The van der Waals surface area contributed by atoms with Crippen molar-refractivity contribution < 1.29 is 28.7 Å². The van der Waals surface area contributed by atoms with Crippen LogP contribution in [0.4, 0.5) is 0 Å². The highest BCUT2D eigenvalue weighted by Gasteiger charge is 2.34. The number of unbranched alkanes of at least 4 members (excludes halogenated alkanes) is 1. The van der Waals surface area contributed by atoms with E-state index in [0.29, 0.717) is 12.8 Å². The molecule has 2 unspecified atom stereocenters. The van der Waals surface area contributed by atoms with E-state index in [4.69, 9.17) is 15.4 Å². The second-order valence-corrected chi connectivity index (χ2v) is 7.59. The predicted molar refractivity (Wildman–Crippen MR) is 82.3 cm³/mol. The Labute approximate surface area is 130 Å². The smallest absolute Gasteiger partial charge is 0.345 e. The number of carbonyl (C=O) groups is 2. The van der Waals surface area contributed by atoms with Gasteiger partial charge in [0.2, 0.25) is 5.91 Å². The zero-order valence-electron chi connectivity index (χ0n) is 13.5. The van der Waals surface area contributed by atoms with Gasteiger partial charge in [-0.2, -0.15) is 0 Å². The van der Waals surface area contributed by atoms with Crippen LogP contribution in [0.3, 0.4) is 0 Å². The van der Waals surface area contributed by atoms with Gasteiger partial charge in [0.25, 0.3) is 0 Å². The molecule has 0 bridgehead atoms. The Morgan fingerprint density at radius 3 is 2.27 bits per heavy atom. The summed E-state index contributed by atoms with van der Waals surface area (Å²) in [5, 5.41) is 11.3. The summed E-state index contributed by atoms with van der Waals surface area (Å²) in [6, 6.07) is -1.09. The number of nitrogens with one attached hydrogen (secondary N) is 1. The molecule has 0 rings (SSSR count). The first-order valence-corrected chi connectivity index (χ1v) is 8.97. The van der Waals surface area contributed by atoms with E-state index in [1.807, 2.05) is 6.92 Å². The molecule has 0 spiro atoms. The van der Waals surface area contributed by atoms with Crippen LogP contribution in [0.5, 0.6) is 0 Å². The number of rotatable bonds is 10. The average Bonchev–Trinajstić information content (AvgIpc) is 2.40. The van der Waals surface area contributed by atoms with E-state index in [2.05, 4.69) is 5.32 Å². The summed E-state index contributed by atoms with van der Waals surface area (Å²) >= 11 is 0. The Balaban J connectivity index is 4.69. The Kier molecular flexibility index (Phi) is 8.85. The molecule has 0 saturated heterocycles. The molecule has 8 nitrogen and oxygen atoms in total. The number of amides is 1. The van der Waals surface area contributed by atoms with Crippen LogP contribution in [-0.2, 0) is 18.7 Å². The van der Waals surface area contributed by atoms with Gasteiger partial charge in [0.15, 0.2) is 0 Å². The fourth-order valence-corrected chi connectivity index (χ4v) is 2.93. The summed E-state index contributed by atoms with van der Waals surface area (Å²) in [5.74, 6) is -3.34. The molecule has 130 valence electrons. The van der Waals surface area contributed by atoms with E-state index >= 15 is 0 Å². The standard InChI is InChI=1S/C13H27N2O6P/c1-5-6-7-10(14)22(19,20)21-9(4)12(16)15-11(8(2)3)13(17)18/h8-11H,5-7,14H2,1-4H3,(H,15,16)(H,17,18)(H,19,20)/t9-,10?,11-/m0/s1. The predicted octanol–water partition coefficient (Wildman–Crippen LogP) is 1.28. The van der Waals surface area contributed by atoms with Gasteiger partial charge in [-0.25, -0.2) is 4.79 Å². The fourth-order valence-electron chi connectivity index (χ4n) is 1.71. The molecule has 0 aromatic carbocycles. The Hall–Kier alpha value is -0.950. The molecule has 0 heterocycles. The minimum atomic E-state index is -4.14. The van der Waals surface area contributed by atoms with Crippen molar-refractivity contribution >= 4 is 19.5 Å². The largest absolute Gasteiger partial charge is 0.480 e. The van der Waals surface area contributed by atoms with Crippen LogP contribution in [-0.4, -0.2) is 39.8 Å². The molecule has 1 amide bonds. The van der Waals surface area contributed by atoms with Gasteiger partial charge in [0, 0.05) is 0 Å². The van der Waals surface area contributed by atoms with Gasteiger partial charge in [0.05, 0.1) is 0 Å². The monoisotopic (exact) mass is 338 g/mol. The second-order valence-electron chi connectivity index (χ2n) is 5.59. The number of nitrogens with two attached hydrogens (primary N) is 1. The van der Waals surface area contributed by atoms with Gasteiger partial charge < -0.3 is 21.1 Å².